The van der Waals surface area contributed by atoms with Gasteiger partial charge >= 0.3 is 5.97 Å². The minimum Gasteiger partial charge on any atom is -0.425 e. The highest BCUT2D eigenvalue weighted by molar-refractivity contribution is 5.80. The van der Waals surface area contributed by atoms with Crippen LogP contribution in [0.2, 0.25) is 0 Å². The number of benzene rings is 2. The van der Waals surface area contributed by atoms with Gasteiger partial charge in [-0.05, 0) is 36.1 Å². The number of carbonyl (C=O) groups is 1. The first-order valence-corrected chi connectivity index (χ1v) is 8.22. The van der Waals surface area contributed by atoms with E-state index < -0.39 is 5.97 Å². The number of hydrogen-bond donors (Lipinski definition) is 0. The predicted octanol–water partition coefficient (Wildman–Crippen LogP) is 3.43. The Morgan fingerprint density at radius 2 is 1.96 bits per heavy atom. The topological polar surface area (TPSA) is 61.2 Å². The fourth-order valence-corrected chi connectivity index (χ4v) is 2.72. The number of nitrogens with zero attached hydrogens (tertiary/aromatic N) is 2. The number of carbonyl (C=O) groups excluding carboxylic acids is 1. The number of esters is 1. The molecule has 5 heteroatoms. The fourth-order valence-electron chi connectivity index (χ4n) is 2.72. The van der Waals surface area contributed by atoms with Gasteiger partial charge < -0.3 is 4.74 Å². The van der Waals surface area contributed by atoms with E-state index in [1.807, 2.05) is 51.1 Å². The molecule has 1 aromatic heterocycles. The first-order valence-electron chi connectivity index (χ1n) is 8.22. The average molecular weight is 336 g/mol. The second-order valence-electron chi connectivity index (χ2n) is 6.36. The summed E-state index contributed by atoms with van der Waals surface area (Å²) in [5.41, 5.74) is 1.66. The summed E-state index contributed by atoms with van der Waals surface area (Å²) in [4.78, 5) is 24.8. The normalized spacial score (nSPS) is 11.0. The van der Waals surface area contributed by atoms with Gasteiger partial charge in [0.2, 0.25) is 0 Å². The predicted molar refractivity (Wildman–Crippen MR) is 96.9 cm³/mol. The molecule has 128 valence electrons. The Morgan fingerprint density at radius 3 is 2.72 bits per heavy atom. The molecule has 0 amide bonds. The van der Waals surface area contributed by atoms with Gasteiger partial charge in [-0.1, -0.05) is 44.2 Å². The second-order valence-corrected chi connectivity index (χ2v) is 6.36. The van der Waals surface area contributed by atoms with Crippen molar-refractivity contribution in [2.45, 2.75) is 33.2 Å². The van der Waals surface area contributed by atoms with Crippen molar-refractivity contribution in [3.63, 3.8) is 0 Å². The van der Waals surface area contributed by atoms with E-state index in [2.05, 4.69) is 5.10 Å². The van der Waals surface area contributed by atoms with Crippen molar-refractivity contribution in [3.05, 3.63) is 70.1 Å². The largest absolute Gasteiger partial charge is 0.425 e. The first kappa shape index (κ1) is 16.9. The number of ether oxygens (including phenoxy) is 1. The van der Waals surface area contributed by atoms with Crippen LogP contribution in [0.5, 0.6) is 5.75 Å². The average Bonchev–Trinajstić information content (AvgIpc) is 2.57. The second kappa shape index (κ2) is 6.89. The zero-order chi connectivity index (χ0) is 18.0. The van der Waals surface area contributed by atoms with Gasteiger partial charge in [0, 0.05) is 5.39 Å². The molecule has 0 aliphatic heterocycles. The van der Waals surface area contributed by atoms with Gasteiger partial charge in [-0.3, -0.25) is 4.79 Å². The van der Waals surface area contributed by atoms with E-state index in [4.69, 9.17) is 4.74 Å². The summed E-state index contributed by atoms with van der Waals surface area (Å²) in [5.74, 6) is 0.246. The van der Waals surface area contributed by atoms with E-state index in [1.54, 1.807) is 18.3 Å². The molecule has 0 fully saturated rings. The third kappa shape index (κ3) is 3.60. The molecule has 0 saturated carbocycles. The molecular formula is C20H20N2O3. The number of fused-ring (bicyclic) bond motifs is 1. The van der Waals surface area contributed by atoms with E-state index >= 15 is 0 Å². The van der Waals surface area contributed by atoms with E-state index in [1.165, 1.54) is 0 Å². The van der Waals surface area contributed by atoms with Crippen LogP contribution < -0.4 is 10.3 Å². The van der Waals surface area contributed by atoms with Crippen molar-refractivity contribution in [2.24, 2.45) is 0 Å². The summed E-state index contributed by atoms with van der Waals surface area (Å²) in [6, 6.07) is 12.9. The fraction of sp³-hybridized carbons (Fsp3) is 0.250. The first-order chi connectivity index (χ1) is 12.0. The van der Waals surface area contributed by atoms with E-state index in [9.17, 15) is 9.59 Å². The van der Waals surface area contributed by atoms with Crippen molar-refractivity contribution in [3.8, 4) is 5.75 Å². The van der Waals surface area contributed by atoms with Gasteiger partial charge in [0.15, 0.2) is 0 Å². The van der Waals surface area contributed by atoms with Gasteiger partial charge in [0.1, 0.15) is 12.3 Å². The van der Waals surface area contributed by atoms with Gasteiger partial charge in [-0.2, -0.15) is 5.10 Å². The summed E-state index contributed by atoms with van der Waals surface area (Å²) in [7, 11) is 0. The van der Waals surface area contributed by atoms with Crippen molar-refractivity contribution in [1.29, 1.82) is 0 Å². The van der Waals surface area contributed by atoms with Crippen LogP contribution in [0.15, 0.2) is 53.5 Å². The number of rotatable bonds is 4. The van der Waals surface area contributed by atoms with Gasteiger partial charge in [-0.25, -0.2) is 9.48 Å². The lowest BCUT2D eigenvalue weighted by molar-refractivity contribution is -0.135. The van der Waals surface area contributed by atoms with Crippen LogP contribution >= 0.6 is 0 Å². The van der Waals surface area contributed by atoms with Crippen LogP contribution in [0.1, 0.15) is 30.9 Å². The molecule has 0 bridgehead atoms. The molecule has 0 aliphatic rings. The van der Waals surface area contributed by atoms with Gasteiger partial charge in [-0.15, -0.1) is 0 Å². The maximum atomic E-state index is 12.4. The molecule has 0 aliphatic carbocycles. The van der Waals surface area contributed by atoms with Gasteiger partial charge in [0.25, 0.3) is 5.56 Å². The Kier molecular flexibility index (Phi) is 4.65. The van der Waals surface area contributed by atoms with E-state index in [0.29, 0.717) is 11.1 Å². The summed E-state index contributed by atoms with van der Waals surface area (Å²) < 4.78 is 6.65. The molecule has 5 nitrogen and oxygen atoms in total. The van der Waals surface area contributed by atoms with Crippen molar-refractivity contribution < 1.29 is 9.53 Å². The quantitative estimate of drug-likeness (QED) is 0.541. The SMILES string of the molecule is Cc1ccc(C(C)C)c(OC(=O)Cn2ncc3ccccc3c2=O)c1. The molecular weight excluding hydrogens is 316 g/mol. The van der Waals surface area contributed by atoms with Crippen LogP contribution in [0, 0.1) is 6.92 Å². The molecule has 1 heterocycles. The van der Waals surface area contributed by atoms with Crippen LogP contribution in [0.3, 0.4) is 0 Å². The maximum absolute atomic E-state index is 12.4. The Hall–Kier alpha value is -2.95. The molecule has 0 spiro atoms. The van der Waals surface area contributed by atoms with Gasteiger partial charge in [0.05, 0.1) is 11.6 Å². The maximum Gasteiger partial charge on any atom is 0.333 e. The molecule has 0 N–H and O–H groups in total. The van der Waals surface area contributed by atoms with Crippen LogP contribution in [-0.4, -0.2) is 15.7 Å². The highest BCUT2D eigenvalue weighted by Crippen LogP contribution is 2.27. The summed E-state index contributed by atoms with van der Waals surface area (Å²) >= 11 is 0. The highest BCUT2D eigenvalue weighted by Gasteiger charge is 2.14. The molecule has 3 aromatic rings. The monoisotopic (exact) mass is 336 g/mol. The lowest BCUT2D eigenvalue weighted by atomic mass is 10.0. The third-order valence-electron chi connectivity index (χ3n) is 4.06. The van der Waals surface area contributed by atoms with Crippen molar-refractivity contribution in [1.82, 2.24) is 9.78 Å². The molecule has 2 aromatic carbocycles. The molecule has 0 radical (unpaired) electrons. The lowest BCUT2D eigenvalue weighted by Gasteiger charge is -2.14. The molecule has 0 saturated heterocycles. The zero-order valence-corrected chi connectivity index (χ0v) is 14.5. The third-order valence-corrected chi connectivity index (χ3v) is 4.06. The van der Waals surface area contributed by atoms with Crippen LogP contribution in [0.4, 0.5) is 0 Å². The van der Waals surface area contributed by atoms with E-state index in [-0.39, 0.29) is 18.0 Å². The lowest BCUT2D eigenvalue weighted by Crippen LogP contribution is -2.28. The summed E-state index contributed by atoms with van der Waals surface area (Å²) in [6.45, 7) is 5.79. The molecule has 0 unspecified atom stereocenters. The number of hydrogen-bond acceptors (Lipinski definition) is 4. The van der Waals surface area contributed by atoms with Crippen LogP contribution in [0.25, 0.3) is 10.8 Å². The summed E-state index contributed by atoms with van der Waals surface area (Å²) in [6.07, 6.45) is 1.58. The highest BCUT2D eigenvalue weighted by atomic mass is 16.5. The Balaban J connectivity index is 1.86. The Bertz CT molecular complexity index is 990. The van der Waals surface area contributed by atoms with Crippen molar-refractivity contribution >= 4 is 16.7 Å². The summed E-state index contributed by atoms with van der Waals surface area (Å²) in [5, 5.41) is 5.35. The number of aromatic nitrogens is 2. The number of aryl methyl sites for hydroxylation is 1. The molecule has 3 rings (SSSR count). The molecule has 0 atom stereocenters. The zero-order valence-electron chi connectivity index (χ0n) is 14.5. The van der Waals surface area contributed by atoms with E-state index in [0.717, 1.165) is 21.2 Å². The minimum absolute atomic E-state index is 0.227. The molecule has 25 heavy (non-hydrogen) atoms. The smallest absolute Gasteiger partial charge is 0.333 e. The standard InChI is InChI=1S/C20H20N2O3/c1-13(2)16-9-8-14(3)10-18(16)25-19(23)12-22-20(24)17-7-5-4-6-15(17)11-21-22/h4-11,13H,12H2,1-3H3. The Labute approximate surface area is 145 Å². The van der Waals surface area contributed by atoms with Crippen LogP contribution in [-0.2, 0) is 11.3 Å². The minimum atomic E-state index is -0.516. The Morgan fingerprint density at radius 1 is 1.20 bits per heavy atom. The van der Waals surface area contributed by atoms with Crippen molar-refractivity contribution in [2.75, 3.05) is 0 Å².